The number of carbonyl (C=O) groups excluding carboxylic acids is 1. The SMILES string of the molecule is C=CCc1ccccc1[C@@H]1CN(CC(F)F)CC1CNC(=O)Nc1c(C)c(-c2ccc(N=S(C)(C)=O)nc2)nn1-c1ccccc1. The smallest absolute Gasteiger partial charge is 0.320 e. The molecule has 242 valence electrons. The molecule has 0 saturated carbocycles. The van der Waals surface area contributed by atoms with E-state index >= 15 is 0 Å². The summed E-state index contributed by atoms with van der Waals surface area (Å²) in [5, 5.41) is 10.8. The van der Waals surface area contributed by atoms with Crippen molar-refractivity contribution >= 4 is 27.4 Å². The van der Waals surface area contributed by atoms with Crippen molar-refractivity contribution in [3.8, 4) is 16.9 Å². The van der Waals surface area contributed by atoms with Crippen LogP contribution in [-0.4, -0.2) is 75.0 Å². The van der Waals surface area contributed by atoms with Gasteiger partial charge in [0, 0.05) is 65.1 Å². The molecular formula is C34H39F2N7O2S. The monoisotopic (exact) mass is 647 g/mol. The fraction of sp³-hybridized carbons (Fsp3) is 0.324. The second kappa shape index (κ2) is 14.3. The summed E-state index contributed by atoms with van der Waals surface area (Å²) in [5.74, 6) is 0.758. The molecule has 1 saturated heterocycles. The van der Waals surface area contributed by atoms with Crippen molar-refractivity contribution in [3.05, 3.63) is 102 Å². The number of likely N-dealkylation sites (tertiary alicyclic amines) is 1. The van der Waals surface area contributed by atoms with Crippen LogP contribution in [0.5, 0.6) is 0 Å². The molecule has 2 amide bonds. The highest BCUT2D eigenvalue weighted by Gasteiger charge is 2.36. The van der Waals surface area contributed by atoms with E-state index in [1.54, 1.807) is 40.4 Å². The summed E-state index contributed by atoms with van der Waals surface area (Å²) >= 11 is 0. The first-order valence-corrected chi connectivity index (χ1v) is 17.4. The van der Waals surface area contributed by atoms with Gasteiger partial charge in [0.2, 0.25) is 0 Å². The van der Waals surface area contributed by atoms with E-state index in [2.05, 4.69) is 26.6 Å². The molecule has 0 bridgehead atoms. The highest BCUT2D eigenvalue weighted by atomic mass is 32.2. The van der Waals surface area contributed by atoms with Gasteiger partial charge >= 0.3 is 6.03 Å². The van der Waals surface area contributed by atoms with Gasteiger partial charge in [0.05, 0.1) is 17.9 Å². The van der Waals surface area contributed by atoms with Gasteiger partial charge in [-0.1, -0.05) is 48.5 Å². The van der Waals surface area contributed by atoms with Gasteiger partial charge < -0.3 is 5.32 Å². The molecule has 2 atom stereocenters. The van der Waals surface area contributed by atoms with Crippen LogP contribution in [0.15, 0.2) is 89.9 Å². The molecule has 0 spiro atoms. The van der Waals surface area contributed by atoms with Crippen LogP contribution in [0.4, 0.5) is 25.2 Å². The van der Waals surface area contributed by atoms with E-state index in [1.807, 2.05) is 67.6 Å². The second-order valence-electron chi connectivity index (χ2n) is 11.8. The number of halogens is 2. The van der Waals surface area contributed by atoms with Crippen LogP contribution in [0.25, 0.3) is 16.9 Å². The Balaban J connectivity index is 1.38. The number of alkyl halides is 2. The molecule has 3 heterocycles. The van der Waals surface area contributed by atoms with Crippen molar-refractivity contribution in [2.45, 2.75) is 25.7 Å². The number of amides is 2. The van der Waals surface area contributed by atoms with Crippen LogP contribution in [-0.2, 0) is 16.1 Å². The lowest BCUT2D eigenvalue weighted by molar-refractivity contribution is 0.0976. The van der Waals surface area contributed by atoms with E-state index < -0.39 is 22.2 Å². The Kier molecular flexibility index (Phi) is 10.3. The largest absolute Gasteiger partial charge is 0.337 e. The number of nitrogens with zero attached hydrogens (tertiary/aromatic N) is 5. The maximum absolute atomic E-state index is 13.4. The average molecular weight is 648 g/mol. The zero-order valence-electron chi connectivity index (χ0n) is 26.2. The van der Waals surface area contributed by atoms with Crippen molar-refractivity contribution in [2.24, 2.45) is 10.3 Å². The van der Waals surface area contributed by atoms with E-state index in [4.69, 9.17) is 5.10 Å². The van der Waals surface area contributed by atoms with Crippen LogP contribution in [0.3, 0.4) is 0 Å². The Morgan fingerprint density at radius 2 is 1.85 bits per heavy atom. The average Bonchev–Trinajstić information content (AvgIpc) is 3.56. The van der Waals surface area contributed by atoms with Gasteiger partial charge in [-0.2, -0.15) is 9.46 Å². The Hall–Kier alpha value is -4.42. The number of allylic oxidation sites excluding steroid dienone is 1. The Morgan fingerprint density at radius 3 is 2.52 bits per heavy atom. The molecule has 46 heavy (non-hydrogen) atoms. The lowest BCUT2D eigenvalue weighted by Crippen LogP contribution is -2.36. The van der Waals surface area contributed by atoms with Gasteiger partial charge in [0.1, 0.15) is 5.82 Å². The molecule has 5 rings (SSSR count). The van der Waals surface area contributed by atoms with Crippen molar-refractivity contribution in [1.82, 2.24) is 25.0 Å². The summed E-state index contributed by atoms with van der Waals surface area (Å²) in [4.78, 5) is 19.6. The minimum atomic E-state index is -2.44. The van der Waals surface area contributed by atoms with Gasteiger partial charge in [0.15, 0.2) is 5.82 Å². The van der Waals surface area contributed by atoms with E-state index in [0.29, 0.717) is 48.9 Å². The number of anilines is 1. The normalized spacial score (nSPS) is 16.8. The van der Waals surface area contributed by atoms with Gasteiger partial charge in [0.25, 0.3) is 6.43 Å². The number of nitrogens with one attached hydrogen (secondary N) is 2. The summed E-state index contributed by atoms with van der Waals surface area (Å²) in [6.45, 7) is 6.67. The lowest BCUT2D eigenvalue weighted by Gasteiger charge is -2.22. The minimum absolute atomic E-state index is 0.0191. The maximum atomic E-state index is 13.4. The first-order valence-electron chi connectivity index (χ1n) is 15.0. The predicted molar refractivity (Wildman–Crippen MR) is 180 cm³/mol. The van der Waals surface area contributed by atoms with E-state index in [1.165, 1.54) is 0 Å². The fourth-order valence-electron chi connectivity index (χ4n) is 5.96. The van der Waals surface area contributed by atoms with Gasteiger partial charge in [-0.05, 0) is 54.7 Å². The molecule has 1 fully saturated rings. The number of hydrogen-bond donors (Lipinski definition) is 2. The lowest BCUT2D eigenvalue weighted by atomic mass is 9.85. The van der Waals surface area contributed by atoms with E-state index in [9.17, 15) is 17.8 Å². The fourth-order valence-corrected chi connectivity index (χ4v) is 6.51. The molecule has 2 aromatic carbocycles. The molecule has 2 aromatic heterocycles. The molecular weight excluding hydrogens is 608 g/mol. The van der Waals surface area contributed by atoms with Crippen LogP contribution in [0, 0.1) is 12.8 Å². The van der Waals surface area contributed by atoms with E-state index in [-0.39, 0.29) is 18.4 Å². The first-order chi connectivity index (χ1) is 22.0. The number of pyridine rings is 1. The third-order valence-corrected chi connectivity index (χ3v) is 8.57. The van der Waals surface area contributed by atoms with Crippen molar-refractivity contribution in [2.75, 3.05) is 44.0 Å². The number of para-hydroxylation sites is 1. The number of hydrogen-bond acceptors (Lipinski definition) is 6. The topological polar surface area (TPSA) is 105 Å². The molecule has 12 heteroatoms. The summed E-state index contributed by atoms with van der Waals surface area (Å²) in [6, 6.07) is 20.5. The highest BCUT2D eigenvalue weighted by molar-refractivity contribution is 7.92. The van der Waals surface area contributed by atoms with Crippen LogP contribution in [0.1, 0.15) is 22.6 Å². The molecule has 2 N–H and O–H groups in total. The molecule has 1 aliphatic rings. The van der Waals surface area contributed by atoms with Crippen LogP contribution in [0.2, 0.25) is 0 Å². The Labute approximate surface area is 268 Å². The molecule has 4 aromatic rings. The van der Waals surface area contributed by atoms with Crippen LogP contribution < -0.4 is 10.6 Å². The molecule has 1 aliphatic heterocycles. The summed E-state index contributed by atoms with van der Waals surface area (Å²) in [5.41, 5.74) is 5.01. The quantitative estimate of drug-likeness (QED) is 0.183. The number of urea groups is 1. The highest BCUT2D eigenvalue weighted by Crippen LogP contribution is 2.35. The zero-order valence-corrected chi connectivity index (χ0v) is 27.0. The van der Waals surface area contributed by atoms with Gasteiger partial charge in [-0.3, -0.25) is 10.2 Å². The number of aromatic nitrogens is 3. The maximum Gasteiger partial charge on any atom is 0.320 e. The zero-order chi connectivity index (χ0) is 32.8. The van der Waals surface area contributed by atoms with Gasteiger partial charge in [-0.25, -0.2) is 27.5 Å². The summed E-state index contributed by atoms with van der Waals surface area (Å²) in [6.07, 6.45) is 4.80. The van der Waals surface area contributed by atoms with Crippen molar-refractivity contribution in [1.29, 1.82) is 0 Å². The standard InChI is InChI=1S/C34H39F2N7O2S/c1-5-11-24-12-9-10-15-28(24)29-21-42(22-30(35)36)20-26(29)19-38-34(44)39-33-23(2)32(40-43(33)27-13-7-6-8-14-27)25-16-17-31(37-18-25)41-46(3,4)45/h5-10,12-18,26,29-30H,1,11,19-22H2,2-4H3,(H2,38,39,44)/t26?,29-/m1/s1. The molecule has 9 nitrogen and oxygen atoms in total. The Bertz CT molecular complexity index is 1790. The molecule has 0 radical (unpaired) electrons. The number of rotatable bonds is 11. The summed E-state index contributed by atoms with van der Waals surface area (Å²) in [7, 11) is -2.36. The number of benzene rings is 2. The molecule has 1 unspecified atom stereocenters. The minimum Gasteiger partial charge on any atom is -0.337 e. The van der Waals surface area contributed by atoms with Crippen molar-refractivity contribution < 1.29 is 17.8 Å². The predicted octanol–water partition coefficient (Wildman–Crippen LogP) is 6.43. The van der Waals surface area contributed by atoms with E-state index in [0.717, 1.165) is 22.4 Å². The van der Waals surface area contributed by atoms with Crippen molar-refractivity contribution in [3.63, 3.8) is 0 Å². The number of carbonyl (C=O) groups is 1. The summed E-state index contributed by atoms with van der Waals surface area (Å²) < 4.78 is 44.6. The molecule has 0 aliphatic carbocycles. The first kappa shape index (κ1) is 33.0. The third-order valence-electron chi connectivity index (χ3n) is 7.95. The van der Waals surface area contributed by atoms with Crippen LogP contribution >= 0.6 is 0 Å². The second-order valence-corrected chi connectivity index (χ2v) is 14.3. The third kappa shape index (κ3) is 8.04. The van der Waals surface area contributed by atoms with Gasteiger partial charge in [-0.15, -0.1) is 6.58 Å². The Morgan fingerprint density at radius 1 is 1.11 bits per heavy atom.